The molecule has 0 bridgehead atoms. The second-order valence-electron chi connectivity index (χ2n) is 4.58. The Morgan fingerprint density at radius 1 is 1.20 bits per heavy atom. The van der Waals surface area contributed by atoms with Crippen LogP contribution in [0.2, 0.25) is 0 Å². The number of nitrogens with one attached hydrogen (secondary N) is 2. The minimum Gasteiger partial charge on any atom is -0.378 e. The van der Waals surface area contributed by atoms with Gasteiger partial charge in [0.2, 0.25) is 0 Å². The van der Waals surface area contributed by atoms with Gasteiger partial charge < -0.3 is 15.5 Å². The molecule has 0 aliphatic heterocycles. The number of carbonyl (C=O) groups is 1. The quantitative estimate of drug-likeness (QED) is 0.896. The number of benzene rings is 1. The fourth-order valence-electron chi connectivity index (χ4n) is 1.77. The highest BCUT2D eigenvalue weighted by molar-refractivity contribution is 6.04. The van der Waals surface area contributed by atoms with Crippen LogP contribution in [-0.4, -0.2) is 32.0 Å². The van der Waals surface area contributed by atoms with Gasteiger partial charge in [0.25, 0.3) is 5.91 Å². The van der Waals surface area contributed by atoms with Gasteiger partial charge in [0.05, 0.1) is 0 Å². The van der Waals surface area contributed by atoms with Gasteiger partial charge in [-0.25, -0.2) is 4.98 Å². The number of aromatic nitrogens is 1. The van der Waals surface area contributed by atoms with Crippen LogP contribution in [0, 0.1) is 0 Å². The van der Waals surface area contributed by atoms with Gasteiger partial charge in [0.1, 0.15) is 5.82 Å². The lowest BCUT2D eigenvalue weighted by Crippen LogP contribution is -2.13. The van der Waals surface area contributed by atoms with E-state index in [0.717, 1.165) is 11.4 Å². The zero-order valence-corrected chi connectivity index (χ0v) is 11.8. The molecule has 0 aliphatic carbocycles. The second-order valence-corrected chi connectivity index (χ2v) is 4.58. The Labute approximate surface area is 118 Å². The van der Waals surface area contributed by atoms with Crippen LogP contribution in [0.3, 0.4) is 0 Å². The molecular weight excluding hydrogens is 252 g/mol. The lowest BCUT2D eigenvalue weighted by Gasteiger charge is -2.14. The Morgan fingerprint density at radius 3 is 2.70 bits per heavy atom. The molecule has 0 atom stereocenters. The molecule has 5 nitrogen and oxygen atoms in total. The third kappa shape index (κ3) is 3.26. The zero-order valence-electron chi connectivity index (χ0n) is 11.8. The van der Waals surface area contributed by atoms with E-state index < -0.39 is 0 Å². The van der Waals surface area contributed by atoms with Gasteiger partial charge in [-0.2, -0.15) is 0 Å². The molecule has 0 radical (unpaired) electrons. The van der Waals surface area contributed by atoms with E-state index in [1.54, 1.807) is 25.4 Å². The predicted molar refractivity (Wildman–Crippen MR) is 82.5 cm³/mol. The van der Waals surface area contributed by atoms with Gasteiger partial charge in [0.15, 0.2) is 0 Å². The maximum Gasteiger partial charge on any atom is 0.255 e. The van der Waals surface area contributed by atoms with Crippen molar-refractivity contribution in [1.29, 1.82) is 0 Å². The lowest BCUT2D eigenvalue weighted by molar-refractivity contribution is 0.102. The van der Waals surface area contributed by atoms with Crippen LogP contribution in [0.4, 0.5) is 17.2 Å². The SMILES string of the molecule is CNc1cc(C(=O)Nc2cccc(N(C)C)c2)ccn1. The number of nitrogens with zero attached hydrogens (tertiary/aromatic N) is 2. The summed E-state index contributed by atoms with van der Waals surface area (Å²) in [6.45, 7) is 0. The number of carbonyl (C=O) groups excluding carboxylic acids is 1. The molecule has 2 aromatic rings. The number of hydrogen-bond donors (Lipinski definition) is 2. The molecule has 0 aliphatic rings. The van der Waals surface area contributed by atoms with Gasteiger partial charge in [-0.3, -0.25) is 4.79 Å². The van der Waals surface area contributed by atoms with E-state index in [0.29, 0.717) is 11.4 Å². The van der Waals surface area contributed by atoms with E-state index >= 15 is 0 Å². The summed E-state index contributed by atoms with van der Waals surface area (Å²) in [5.41, 5.74) is 2.37. The Bertz CT molecular complexity index is 610. The summed E-state index contributed by atoms with van der Waals surface area (Å²) in [5, 5.41) is 5.80. The van der Waals surface area contributed by atoms with Gasteiger partial charge in [-0.05, 0) is 30.3 Å². The highest BCUT2D eigenvalue weighted by Crippen LogP contribution is 2.18. The van der Waals surface area contributed by atoms with E-state index in [4.69, 9.17) is 0 Å². The fourth-order valence-corrected chi connectivity index (χ4v) is 1.77. The molecule has 0 spiro atoms. The molecule has 1 heterocycles. The molecule has 1 aromatic heterocycles. The predicted octanol–water partition coefficient (Wildman–Crippen LogP) is 2.44. The van der Waals surface area contributed by atoms with E-state index in [2.05, 4.69) is 15.6 Å². The third-order valence-corrected chi connectivity index (χ3v) is 2.90. The first-order chi connectivity index (χ1) is 9.60. The average Bonchev–Trinajstić information content (AvgIpc) is 2.47. The van der Waals surface area contributed by atoms with Crippen molar-refractivity contribution in [3.63, 3.8) is 0 Å². The van der Waals surface area contributed by atoms with Crippen molar-refractivity contribution in [3.05, 3.63) is 48.2 Å². The summed E-state index contributed by atoms with van der Waals surface area (Å²) in [7, 11) is 5.69. The fraction of sp³-hybridized carbons (Fsp3) is 0.200. The van der Waals surface area contributed by atoms with Crippen molar-refractivity contribution >= 4 is 23.1 Å². The minimum atomic E-state index is -0.153. The number of hydrogen-bond acceptors (Lipinski definition) is 4. The molecule has 0 fully saturated rings. The second kappa shape index (κ2) is 6.06. The Kier molecular flexibility index (Phi) is 4.20. The summed E-state index contributed by atoms with van der Waals surface area (Å²) in [6, 6.07) is 11.1. The summed E-state index contributed by atoms with van der Waals surface area (Å²) in [4.78, 5) is 18.3. The van der Waals surface area contributed by atoms with Crippen LogP contribution in [0.5, 0.6) is 0 Å². The largest absolute Gasteiger partial charge is 0.378 e. The molecule has 0 saturated carbocycles. The monoisotopic (exact) mass is 270 g/mol. The first kappa shape index (κ1) is 13.9. The molecule has 0 saturated heterocycles. The standard InChI is InChI=1S/C15H18N4O/c1-16-14-9-11(7-8-17-14)15(20)18-12-5-4-6-13(10-12)19(2)3/h4-10H,1-3H3,(H,16,17)(H,18,20). The Morgan fingerprint density at radius 2 is 2.00 bits per heavy atom. The van der Waals surface area contributed by atoms with Crippen molar-refractivity contribution in [2.75, 3.05) is 36.7 Å². The van der Waals surface area contributed by atoms with Gasteiger partial charge in [-0.1, -0.05) is 6.07 Å². The minimum absolute atomic E-state index is 0.153. The lowest BCUT2D eigenvalue weighted by atomic mass is 10.2. The van der Waals surface area contributed by atoms with Crippen LogP contribution in [0.1, 0.15) is 10.4 Å². The van der Waals surface area contributed by atoms with E-state index in [9.17, 15) is 4.79 Å². The summed E-state index contributed by atoms with van der Waals surface area (Å²) in [5.74, 6) is 0.513. The molecule has 2 rings (SSSR count). The molecule has 1 aromatic carbocycles. The number of amides is 1. The highest BCUT2D eigenvalue weighted by Gasteiger charge is 2.07. The summed E-state index contributed by atoms with van der Waals surface area (Å²) < 4.78 is 0. The molecule has 5 heteroatoms. The average molecular weight is 270 g/mol. The van der Waals surface area contributed by atoms with Crippen molar-refractivity contribution < 1.29 is 4.79 Å². The number of pyridine rings is 1. The molecule has 0 unspecified atom stereocenters. The Hall–Kier alpha value is -2.56. The van der Waals surface area contributed by atoms with Crippen molar-refractivity contribution in [3.8, 4) is 0 Å². The first-order valence-electron chi connectivity index (χ1n) is 6.32. The first-order valence-corrected chi connectivity index (χ1v) is 6.32. The van der Waals surface area contributed by atoms with Gasteiger partial charge >= 0.3 is 0 Å². The molecule has 1 amide bonds. The van der Waals surface area contributed by atoms with Crippen LogP contribution in [-0.2, 0) is 0 Å². The molecule has 2 N–H and O–H groups in total. The molecular formula is C15H18N4O. The van der Waals surface area contributed by atoms with E-state index in [1.165, 1.54) is 0 Å². The van der Waals surface area contributed by atoms with E-state index in [-0.39, 0.29) is 5.91 Å². The Balaban J connectivity index is 2.16. The molecule has 20 heavy (non-hydrogen) atoms. The van der Waals surface area contributed by atoms with Crippen LogP contribution in [0.25, 0.3) is 0 Å². The number of rotatable bonds is 4. The zero-order chi connectivity index (χ0) is 14.5. The molecule has 104 valence electrons. The highest BCUT2D eigenvalue weighted by atomic mass is 16.1. The van der Waals surface area contributed by atoms with Crippen molar-refractivity contribution in [2.45, 2.75) is 0 Å². The smallest absolute Gasteiger partial charge is 0.255 e. The summed E-state index contributed by atoms with van der Waals surface area (Å²) in [6.07, 6.45) is 1.61. The topological polar surface area (TPSA) is 57.3 Å². The van der Waals surface area contributed by atoms with Crippen molar-refractivity contribution in [1.82, 2.24) is 4.98 Å². The van der Waals surface area contributed by atoms with Crippen molar-refractivity contribution in [2.24, 2.45) is 0 Å². The van der Waals surface area contributed by atoms with Gasteiger partial charge in [0, 0.05) is 44.3 Å². The van der Waals surface area contributed by atoms with Crippen LogP contribution >= 0.6 is 0 Å². The summed E-state index contributed by atoms with van der Waals surface area (Å²) >= 11 is 0. The van der Waals surface area contributed by atoms with E-state index in [1.807, 2.05) is 43.3 Å². The number of anilines is 3. The van der Waals surface area contributed by atoms with Gasteiger partial charge in [-0.15, -0.1) is 0 Å². The maximum atomic E-state index is 12.2. The maximum absolute atomic E-state index is 12.2. The normalized spacial score (nSPS) is 9.95. The van der Waals surface area contributed by atoms with Crippen LogP contribution in [0.15, 0.2) is 42.6 Å². The third-order valence-electron chi connectivity index (χ3n) is 2.90. The van der Waals surface area contributed by atoms with Crippen LogP contribution < -0.4 is 15.5 Å².